The predicted molar refractivity (Wildman–Crippen MR) is 54.6 cm³/mol. The predicted octanol–water partition coefficient (Wildman–Crippen LogP) is 1.42. The van der Waals surface area contributed by atoms with Gasteiger partial charge >= 0.3 is 0 Å². The van der Waals surface area contributed by atoms with Crippen LogP contribution in [-0.4, -0.2) is 11.5 Å². The van der Waals surface area contributed by atoms with Crippen molar-refractivity contribution in [2.75, 3.05) is 6.54 Å². The number of thiazole rings is 1. The van der Waals surface area contributed by atoms with Gasteiger partial charge < -0.3 is 11.1 Å². The number of nitrogens with zero attached hydrogens (tertiary/aromatic N) is 1. The fourth-order valence-corrected chi connectivity index (χ4v) is 2.58. The second-order valence-electron chi connectivity index (χ2n) is 3.38. The first-order chi connectivity index (χ1) is 6.40. The lowest BCUT2D eigenvalue weighted by molar-refractivity contribution is 0.410. The van der Waals surface area contributed by atoms with Crippen molar-refractivity contribution in [1.29, 1.82) is 0 Å². The van der Waals surface area contributed by atoms with E-state index < -0.39 is 0 Å². The molecule has 0 aromatic carbocycles. The summed E-state index contributed by atoms with van der Waals surface area (Å²) < 4.78 is 0. The van der Waals surface area contributed by atoms with E-state index in [2.05, 4.69) is 15.7 Å². The van der Waals surface area contributed by atoms with Gasteiger partial charge in [0, 0.05) is 11.9 Å². The number of nitrogens with one attached hydrogen (secondary N) is 1. The fraction of sp³-hybridized carbons (Fsp3) is 0.667. The van der Waals surface area contributed by atoms with E-state index in [-0.39, 0.29) is 0 Å². The summed E-state index contributed by atoms with van der Waals surface area (Å²) in [6.45, 7) is 1.69. The van der Waals surface area contributed by atoms with E-state index in [0.717, 1.165) is 12.2 Å². The molecule has 1 aromatic heterocycles. The van der Waals surface area contributed by atoms with Gasteiger partial charge in [-0.3, -0.25) is 0 Å². The average Bonchev–Trinajstić information content (AvgIpc) is 2.67. The van der Waals surface area contributed by atoms with Gasteiger partial charge in [0.05, 0.1) is 11.7 Å². The van der Waals surface area contributed by atoms with Gasteiger partial charge in [0.1, 0.15) is 5.01 Å². The first-order valence-corrected chi connectivity index (χ1v) is 5.66. The highest BCUT2D eigenvalue weighted by Gasteiger charge is 2.17. The van der Waals surface area contributed by atoms with Crippen LogP contribution in [-0.2, 0) is 6.54 Å². The van der Waals surface area contributed by atoms with Gasteiger partial charge in [0.15, 0.2) is 0 Å². The SMILES string of the molecule is NCc1csc(C2CCCCN2)n1. The molecule has 4 heteroatoms. The van der Waals surface area contributed by atoms with Gasteiger partial charge in [0.25, 0.3) is 0 Å². The average molecular weight is 197 g/mol. The van der Waals surface area contributed by atoms with Crippen LogP contribution in [0.25, 0.3) is 0 Å². The smallest absolute Gasteiger partial charge is 0.110 e. The second kappa shape index (κ2) is 4.17. The van der Waals surface area contributed by atoms with Crippen molar-refractivity contribution < 1.29 is 0 Å². The molecule has 0 spiro atoms. The molecule has 1 saturated heterocycles. The molecule has 2 rings (SSSR count). The molecule has 1 aromatic rings. The van der Waals surface area contributed by atoms with Crippen molar-refractivity contribution in [3.05, 3.63) is 16.1 Å². The monoisotopic (exact) mass is 197 g/mol. The normalized spacial score (nSPS) is 23.3. The van der Waals surface area contributed by atoms with Crippen LogP contribution in [0.5, 0.6) is 0 Å². The lowest BCUT2D eigenvalue weighted by Gasteiger charge is -2.21. The number of hydrogen-bond donors (Lipinski definition) is 2. The zero-order valence-corrected chi connectivity index (χ0v) is 8.44. The second-order valence-corrected chi connectivity index (χ2v) is 4.27. The van der Waals surface area contributed by atoms with Gasteiger partial charge in [-0.1, -0.05) is 6.42 Å². The number of hydrogen-bond acceptors (Lipinski definition) is 4. The van der Waals surface area contributed by atoms with Gasteiger partial charge in [0.2, 0.25) is 0 Å². The summed E-state index contributed by atoms with van der Waals surface area (Å²) in [6.07, 6.45) is 3.83. The standard InChI is InChI=1S/C9H15N3S/c10-5-7-6-13-9(12-7)8-3-1-2-4-11-8/h6,8,11H,1-5,10H2. The van der Waals surface area contributed by atoms with Crippen LogP contribution in [0.3, 0.4) is 0 Å². The Labute approximate surface area is 82.4 Å². The third-order valence-corrected chi connectivity index (χ3v) is 3.39. The largest absolute Gasteiger partial charge is 0.325 e. The molecule has 0 radical (unpaired) electrons. The van der Waals surface area contributed by atoms with E-state index in [1.165, 1.54) is 24.3 Å². The first-order valence-electron chi connectivity index (χ1n) is 4.78. The molecule has 0 saturated carbocycles. The van der Waals surface area contributed by atoms with Crippen LogP contribution in [0.2, 0.25) is 0 Å². The molecule has 1 atom stereocenters. The Hall–Kier alpha value is -0.450. The Kier molecular flexibility index (Phi) is 2.93. The molecule has 0 aliphatic carbocycles. The first kappa shape index (κ1) is 9.12. The van der Waals surface area contributed by atoms with Crippen LogP contribution in [0.1, 0.15) is 36.0 Å². The summed E-state index contributed by atoms with van der Waals surface area (Å²) in [5.41, 5.74) is 6.54. The molecule has 1 fully saturated rings. The molecule has 0 amide bonds. The molecular formula is C9H15N3S. The van der Waals surface area contributed by atoms with Crippen LogP contribution in [0.4, 0.5) is 0 Å². The molecule has 0 bridgehead atoms. The number of aromatic nitrogens is 1. The molecule has 1 unspecified atom stereocenters. The number of piperidine rings is 1. The summed E-state index contributed by atoms with van der Waals surface area (Å²) in [5, 5.41) is 6.75. The Morgan fingerprint density at radius 2 is 2.54 bits per heavy atom. The van der Waals surface area contributed by atoms with E-state index >= 15 is 0 Å². The van der Waals surface area contributed by atoms with Crippen LogP contribution in [0, 0.1) is 0 Å². The Bertz CT molecular complexity index is 266. The van der Waals surface area contributed by atoms with Crippen LogP contribution in [0.15, 0.2) is 5.38 Å². The van der Waals surface area contributed by atoms with Crippen molar-refractivity contribution in [2.45, 2.75) is 31.8 Å². The van der Waals surface area contributed by atoms with E-state index in [4.69, 9.17) is 5.73 Å². The van der Waals surface area contributed by atoms with Gasteiger partial charge in [-0.25, -0.2) is 4.98 Å². The third-order valence-electron chi connectivity index (χ3n) is 2.39. The lowest BCUT2D eigenvalue weighted by atomic mass is 10.1. The van der Waals surface area contributed by atoms with Crippen molar-refractivity contribution in [2.24, 2.45) is 5.73 Å². The summed E-state index contributed by atoms with van der Waals surface area (Å²) >= 11 is 1.73. The van der Waals surface area contributed by atoms with E-state index in [1.807, 2.05) is 0 Å². The summed E-state index contributed by atoms with van der Waals surface area (Å²) in [4.78, 5) is 4.48. The van der Waals surface area contributed by atoms with Crippen LogP contribution >= 0.6 is 11.3 Å². The Morgan fingerprint density at radius 3 is 3.15 bits per heavy atom. The maximum Gasteiger partial charge on any atom is 0.110 e. The van der Waals surface area contributed by atoms with Gasteiger partial charge in [-0.15, -0.1) is 11.3 Å². The quantitative estimate of drug-likeness (QED) is 0.754. The molecule has 1 aliphatic rings. The fourth-order valence-electron chi connectivity index (χ4n) is 1.64. The molecule has 72 valence electrons. The van der Waals surface area contributed by atoms with Gasteiger partial charge in [-0.2, -0.15) is 0 Å². The Balaban J connectivity index is 2.05. The highest BCUT2D eigenvalue weighted by Crippen LogP contribution is 2.25. The molecule has 1 aliphatic heterocycles. The van der Waals surface area contributed by atoms with Crippen LogP contribution < -0.4 is 11.1 Å². The summed E-state index contributed by atoms with van der Waals surface area (Å²) in [7, 11) is 0. The number of nitrogens with two attached hydrogens (primary N) is 1. The van der Waals surface area contributed by atoms with Gasteiger partial charge in [-0.05, 0) is 19.4 Å². The third kappa shape index (κ3) is 2.07. The van der Waals surface area contributed by atoms with Crippen molar-refractivity contribution in [3.8, 4) is 0 Å². The highest BCUT2D eigenvalue weighted by atomic mass is 32.1. The van der Waals surface area contributed by atoms with E-state index in [0.29, 0.717) is 12.6 Å². The maximum absolute atomic E-state index is 5.52. The highest BCUT2D eigenvalue weighted by molar-refractivity contribution is 7.09. The maximum atomic E-state index is 5.52. The minimum Gasteiger partial charge on any atom is -0.325 e. The van der Waals surface area contributed by atoms with E-state index in [1.54, 1.807) is 11.3 Å². The molecule has 3 nitrogen and oxygen atoms in total. The van der Waals surface area contributed by atoms with Crippen molar-refractivity contribution >= 4 is 11.3 Å². The molecular weight excluding hydrogens is 182 g/mol. The number of rotatable bonds is 2. The zero-order valence-electron chi connectivity index (χ0n) is 7.62. The topological polar surface area (TPSA) is 50.9 Å². The minimum atomic E-state index is 0.485. The van der Waals surface area contributed by atoms with Crippen molar-refractivity contribution in [3.63, 3.8) is 0 Å². The zero-order chi connectivity index (χ0) is 9.10. The van der Waals surface area contributed by atoms with Crippen molar-refractivity contribution in [1.82, 2.24) is 10.3 Å². The molecule has 13 heavy (non-hydrogen) atoms. The molecule has 3 N–H and O–H groups in total. The van der Waals surface area contributed by atoms with E-state index in [9.17, 15) is 0 Å². The molecule has 2 heterocycles. The Morgan fingerprint density at radius 1 is 1.62 bits per heavy atom. The minimum absolute atomic E-state index is 0.485. The summed E-state index contributed by atoms with van der Waals surface area (Å²) in [6, 6.07) is 0.485. The lowest BCUT2D eigenvalue weighted by Crippen LogP contribution is -2.26. The summed E-state index contributed by atoms with van der Waals surface area (Å²) in [5.74, 6) is 0.